The fourth-order valence-corrected chi connectivity index (χ4v) is 5.27. The highest BCUT2D eigenvalue weighted by Crippen LogP contribution is 2.36. The number of hydrogen-bond acceptors (Lipinski definition) is 6. The molecule has 0 bridgehead atoms. The lowest BCUT2D eigenvalue weighted by molar-refractivity contribution is 0.0976. The second-order valence-electron chi connectivity index (χ2n) is 9.17. The fraction of sp³-hybridized carbons (Fsp3) is 0.565. The van der Waals surface area contributed by atoms with Crippen LogP contribution in [0.4, 0.5) is 5.95 Å². The molecule has 1 atom stereocenters. The minimum Gasteiger partial charge on any atom is -0.377 e. The molecule has 1 aliphatic carbocycles. The van der Waals surface area contributed by atoms with E-state index in [1.807, 2.05) is 6.07 Å². The Balaban J connectivity index is 1.67. The fourth-order valence-electron chi connectivity index (χ4n) is 4.93. The molecule has 0 aromatic carbocycles. The normalized spacial score (nSPS) is 24.2. The molecule has 32 heavy (non-hydrogen) atoms. The van der Waals surface area contributed by atoms with E-state index >= 15 is 0 Å². The van der Waals surface area contributed by atoms with Gasteiger partial charge in [-0.1, -0.05) is 31.4 Å². The van der Waals surface area contributed by atoms with Gasteiger partial charge >= 0.3 is 0 Å². The van der Waals surface area contributed by atoms with Crippen molar-refractivity contribution >= 4 is 40.3 Å². The highest BCUT2D eigenvalue weighted by atomic mass is 35.5. The summed E-state index contributed by atoms with van der Waals surface area (Å²) in [6.07, 6.45) is 8.37. The number of rotatable bonds is 4. The van der Waals surface area contributed by atoms with Gasteiger partial charge in [-0.05, 0) is 49.3 Å². The number of morpholine rings is 1. The number of anilines is 1. The molecule has 0 N–H and O–H groups in total. The van der Waals surface area contributed by atoms with Crippen molar-refractivity contribution in [3.05, 3.63) is 28.8 Å². The lowest BCUT2D eigenvalue weighted by Gasteiger charge is -2.35. The third kappa shape index (κ3) is 4.30. The van der Waals surface area contributed by atoms with Crippen molar-refractivity contribution in [1.29, 1.82) is 0 Å². The van der Waals surface area contributed by atoms with Gasteiger partial charge in [0.2, 0.25) is 11.2 Å². The van der Waals surface area contributed by atoms with E-state index in [0.29, 0.717) is 29.8 Å². The van der Waals surface area contributed by atoms with Crippen molar-refractivity contribution in [2.24, 2.45) is 11.8 Å². The number of imidazole rings is 1. The number of aromatic nitrogens is 5. The highest BCUT2D eigenvalue weighted by Gasteiger charge is 2.29. The Bertz CT molecular complexity index is 1110. The molecule has 1 unspecified atom stereocenters. The van der Waals surface area contributed by atoms with Crippen LogP contribution in [0.3, 0.4) is 0 Å². The molecule has 1 saturated heterocycles. The van der Waals surface area contributed by atoms with Crippen molar-refractivity contribution in [3.63, 3.8) is 0 Å². The first-order valence-electron chi connectivity index (χ1n) is 11.4. The zero-order chi connectivity index (χ0) is 22.2. The summed E-state index contributed by atoms with van der Waals surface area (Å²) in [6, 6.07) is 2.09. The van der Waals surface area contributed by atoms with E-state index in [-0.39, 0.29) is 11.3 Å². The van der Waals surface area contributed by atoms with Crippen LogP contribution in [-0.2, 0) is 11.3 Å². The lowest BCUT2D eigenvalue weighted by Crippen LogP contribution is -2.45. The molecule has 5 rings (SSSR count). The van der Waals surface area contributed by atoms with E-state index in [1.165, 1.54) is 25.7 Å². The molecule has 170 valence electrons. The molecule has 4 heterocycles. The van der Waals surface area contributed by atoms with Crippen molar-refractivity contribution < 1.29 is 4.74 Å². The number of halogens is 2. The topological polar surface area (TPSA) is 69.0 Å². The zero-order valence-corrected chi connectivity index (χ0v) is 20.0. The Kier molecular flexibility index (Phi) is 6.23. The Hall–Kier alpha value is -1.96. The van der Waals surface area contributed by atoms with Gasteiger partial charge in [0, 0.05) is 31.0 Å². The van der Waals surface area contributed by atoms with Crippen molar-refractivity contribution in [2.75, 3.05) is 24.7 Å². The monoisotopic (exact) mass is 474 g/mol. The summed E-state index contributed by atoms with van der Waals surface area (Å²) in [5, 5.41) is 0.727. The predicted octanol–water partition coefficient (Wildman–Crippen LogP) is 5.25. The predicted molar refractivity (Wildman–Crippen MR) is 127 cm³/mol. The number of fused-ring (bicyclic) bond motifs is 1. The summed E-state index contributed by atoms with van der Waals surface area (Å²) in [5.41, 5.74) is 3.04. The molecule has 3 aromatic heterocycles. The maximum Gasteiger partial charge on any atom is 0.225 e. The van der Waals surface area contributed by atoms with Gasteiger partial charge in [-0.3, -0.25) is 4.98 Å². The molecule has 1 aliphatic heterocycles. The van der Waals surface area contributed by atoms with E-state index < -0.39 is 0 Å². The number of hydrogen-bond donors (Lipinski definition) is 0. The molecule has 3 aromatic rings. The van der Waals surface area contributed by atoms with Crippen molar-refractivity contribution in [1.82, 2.24) is 24.5 Å². The van der Waals surface area contributed by atoms with Gasteiger partial charge in [0.15, 0.2) is 5.65 Å². The summed E-state index contributed by atoms with van der Waals surface area (Å²) in [7, 11) is 0. The van der Waals surface area contributed by atoms with Crippen LogP contribution < -0.4 is 4.90 Å². The minimum absolute atomic E-state index is 0.171. The minimum atomic E-state index is 0.171. The molecule has 2 fully saturated rings. The highest BCUT2D eigenvalue weighted by molar-refractivity contribution is 6.30. The van der Waals surface area contributed by atoms with Gasteiger partial charge in [-0.2, -0.15) is 9.97 Å². The molecule has 7 nitrogen and oxygen atoms in total. The van der Waals surface area contributed by atoms with Gasteiger partial charge < -0.3 is 14.2 Å². The van der Waals surface area contributed by atoms with Crippen LogP contribution in [0.25, 0.3) is 22.4 Å². The number of ether oxygens (including phenoxy) is 1. The second kappa shape index (κ2) is 9.12. The van der Waals surface area contributed by atoms with Crippen molar-refractivity contribution in [2.45, 2.75) is 52.1 Å². The zero-order valence-electron chi connectivity index (χ0n) is 18.5. The van der Waals surface area contributed by atoms with Crippen LogP contribution in [0, 0.1) is 11.8 Å². The Morgan fingerprint density at radius 3 is 2.62 bits per heavy atom. The summed E-state index contributed by atoms with van der Waals surface area (Å²) in [4.78, 5) is 20.7. The molecule has 2 aliphatic rings. The Morgan fingerprint density at radius 1 is 1.06 bits per heavy atom. The molecule has 0 radical (unpaired) electrons. The lowest BCUT2D eigenvalue weighted by atomic mass is 9.83. The third-order valence-electron chi connectivity index (χ3n) is 6.73. The van der Waals surface area contributed by atoms with E-state index in [4.69, 9.17) is 32.9 Å². The summed E-state index contributed by atoms with van der Waals surface area (Å²) in [5.74, 6) is 2.32. The van der Waals surface area contributed by atoms with Crippen molar-refractivity contribution in [3.8, 4) is 11.3 Å². The molecule has 1 saturated carbocycles. The van der Waals surface area contributed by atoms with Gasteiger partial charge in [-0.25, -0.2) is 4.98 Å². The SMILES string of the molecule is CC1CCC(Cn2c(N3CCOCC3C)nc3nc(Cl)nc(-c4cncc(Cl)c4)c32)CC1. The first-order chi connectivity index (χ1) is 15.5. The van der Waals surface area contributed by atoms with Crippen LogP contribution in [0.2, 0.25) is 10.3 Å². The van der Waals surface area contributed by atoms with Gasteiger partial charge in [0.25, 0.3) is 0 Å². The van der Waals surface area contributed by atoms with E-state index in [0.717, 1.165) is 41.7 Å². The Labute approximate surface area is 198 Å². The quantitative estimate of drug-likeness (QED) is 0.481. The van der Waals surface area contributed by atoms with E-state index in [2.05, 4.69) is 38.3 Å². The first kappa shape index (κ1) is 21.9. The van der Waals surface area contributed by atoms with Crippen LogP contribution >= 0.6 is 23.2 Å². The second-order valence-corrected chi connectivity index (χ2v) is 9.95. The standard InChI is InChI=1S/C23H28Cl2N6O/c1-14-3-5-16(6-4-14)12-31-20-19(17-9-18(24)11-26-10-17)27-22(25)28-21(20)29-23(31)30-7-8-32-13-15(30)2/h9-11,14-16H,3-8,12-13H2,1-2H3. The maximum absolute atomic E-state index is 6.34. The van der Waals surface area contributed by atoms with Gasteiger partial charge in [0.1, 0.15) is 11.2 Å². The Morgan fingerprint density at radius 2 is 1.88 bits per heavy atom. The van der Waals surface area contributed by atoms with Crippen LogP contribution in [0.5, 0.6) is 0 Å². The van der Waals surface area contributed by atoms with Gasteiger partial charge in [0.05, 0.1) is 24.3 Å². The summed E-state index contributed by atoms with van der Waals surface area (Å²) < 4.78 is 7.99. The van der Waals surface area contributed by atoms with E-state index in [1.54, 1.807) is 12.4 Å². The smallest absolute Gasteiger partial charge is 0.225 e. The summed E-state index contributed by atoms with van der Waals surface area (Å²) >= 11 is 12.6. The van der Waals surface area contributed by atoms with E-state index in [9.17, 15) is 0 Å². The molecule has 9 heteroatoms. The average molecular weight is 475 g/mol. The van der Waals surface area contributed by atoms with Gasteiger partial charge in [-0.15, -0.1) is 0 Å². The number of pyridine rings is 1. The van der Waals surface area contributed by atoms with Crippen LogP contribution in [-0.4, -0.2) is 50.3 Å². The first-order valence-corrected chi connectivity index (χ1v) is 12.1. The summed E-state index contributed by atoms with van der Waals surface area (Å²) in [6.45, 7) is 7.57. The maximum atomic E-state index is 6.34. The number of nitrogens with zero attached hydrogens (tertiary/aromatic N) is 6. The average Bonchev–Trinajstić information content (AvgIpc) is 3.12. The molecule has 0 spiro atoms. The molecular formula is C23H28Cl2N6O. The molecule has 0 amide bonds. The van der Waals surface area contributed by atoms with Crippen LogP contribution in [0.1, 0.15) is 39.5 Å². The largest absolute Gasteiger partial charge is 0.377 e. The third-order valence-corrected chi connectivity index (χ3v) is 7.11. The molecular weight excluding hydrogens is 447 g/mol. The van der Waals surface area contributed by atoms with Crippen LogP contribution in [0.15, 0.2) is 18.5 Å².